The molecule has 1 N–H and O–H groups in total. The highest BCUT2D eigenvalue weighted by Gasteiger charge is 2.56. The van der Waals surface area contributed by atoms with Gasteiger partial charge in [-0.15, -0.1) is 0 Å². The van der Waals surface area contributed by atoms with Gasteiger partial charge in [0.25, 0.3) is 0 Å². The number of aliphatic hydroxyl groups is 1. The molecule has 4 nitrogen and oxygen atoms in total. The second-order valence-electron chi connectivity index (χ2n) is 6.31. The van der Waals surface area contributed by atoms with Crippen LogP contribution < -0.4 is 9.47 Å². The minimum Gasteiger partial charge on any atom is -0.454 e. The van der Waals surface area contributed by atoms with E-state index in [0.29, 0.717) is 12.2 Å². The van der Waals surface area contributed by atoms with Gasteiger partial charge >= 0.3 is 6.18 Å². The smallest absolute Gasteiger partial charge is 0.421 e. The van der Waals surface area contributed by atoms with Crippen molar-refractivity contribution in [2.45, 2.75) is 63.6 Å². The number of hydrogen-bond donors (Lipinski definition) is 1. The van der Waals surface area contributed by atoms with Crippen molar-refractivity contribution < 1.29 is 32.5 Å². The highest BCUT2D eigenvalue weighted by atomic mass is 19.4. The summed E-state index contributed by atoms with van der Waals surface area (Å²) in [5, 5.41) is 10.3. The Labute approximate surface area is 144 Å². The normalized spacial score (nSPS) is 15.9. The quantitative estimate of drug-likeness (QED) is 0.660. The number of carbonyl (C=O) groups excluding carboxylic acids is 1. The Balaban J connectivity index is 2.09. The van der Waals surface area contributed by atoms with E-state index >= 15 is 0 Å². The van der Waals surface area contributed by atoms with E-state index in [1.54, 1.807) is 0 Å². The van der Waals surface area contributed by atoms with Crippen LogP contribution in [0.1, 0.15) is 57.4 Å². The number of rotatable bonds is 9. The van der Waals surface area contributed by atoms with E-state index < -0.39 is 29.5 Å². The molecule has 1 unspecified atom stereocenters. The van der Waals surface area contributed by atoms with Crippen LogP contribution >= 0.6 is 0 Å². The maximum Gasteiger partial charge on any atom is 0.421 e. The van der Waals surface area contributed by atoms with Crippen LogP contribution in [0, 0.1) is 0 Å². The van der Waals surface area contributed by atoms with E-state index in [2.05, 4.69) is 6.92 Å². The zero-order valence-corrected chi connectivity index (χ0v) is 14.2. The lowest BCUT2D eigenvalue weighted by Crippen LogP contribution is -2.44. The largest absolute Gasteiger partial charge is 0.454 e. The van der Waals surface area contributed by atoms with Crippen molar-refractivity contribution >= 4 is 5.78 Å². The van der Waals surface area contributed by atoms with Gasteiger partial charge in [0.1, 0.15) is 5.78 Å². The maximum atomic E-state index is 13.5. The number of ketones is 1. The zero-order chi connectivity index (χ0) is 18.5. The Morgan fingerprint density at radius 3 is 2.48 bits per heavy atom. The first-order chi connectivity index (χ1) is 11.8. The van der Waals surface area contributed by atoms with Gasteiger partial charge in [-0.25, -0.2) is 0 Å². The van der Waals surface area contributed by atoms with Crippen molar-refractivity contribution in [2.75, 3.05) is 6.79 Å². The van der Waals surface area contributed by atoms with Gasteiger partial charge in [0.05, 0.1) is 0 Å². The van der Waals surface area contributed by atoms with Crippen LogP contribution in [0.25, 0.3) is 0 Å². The number of unbranched alkanes of at least 4 members (excludes halogenated alkanes) is 4. The minimum absolute atomic E-state index is 0.0344. The van der Waals surface area contributed by atoms with Gasteiger partial charge in [-0.2, -0.15) is 13.2 Å². The third kappa shape index (κ3) is 4.66. The Morgan fingerprint density at radius 1 is 1.12 bits per heavy atom. The summed E-state index contributed by atoms with van der Waals surface area (Å²) in [7, 11) is 0. The molecule has 140 valence electrons. The van der Waals surface area contributed by atoms with Crippen LogP contribution in [-0.2, 0) is 10.4 Å². The third-order valence-electron chi connectivity index (χ3n) is 4.33. The van der Waals surface area contributed by atoms with Gasteiger partial charge in [0, 0.05) is 12.8 Å². The molecule has 0 bridgehead atoms. The van der Waals surface area contributed by atoms with E-state index in [1.807, 2.05) is 0 Å². The Morgan fingerprint density at radius 2 is 1.80 bits per heavy atom. The van der Waals surface area contributed by atoms with Gasteiger partial charge in [0.15, 0.2) is 17.1 Å². The number of halogens is 3. The average Bonchev–Trinajstić information content (AvgIpc) is 3.01. The molecular formula is C18H23F3O4. The first-order valence-electron chi connectivity index (χ1n) is 8.49. The summed E-state index contributed by atoms with van der Waals surface area (Å²) in [6.45, 7) is 1.97. The van der Waals surface area contributed by atoms with Crippen LogP contribution in [0.4, 0.5) is 13.2 Å². The van der Waals surface area contributed by atoms with Gasteiger partial charge in [-0.3, -0.25) is 4.79 Å². The molecule has 0 radical (unpaired) electrons. The second-order valence-corrected chi connectivity index (χ2v) is 6.31. The van der Waals surface area contributed by atoms with E-state index in [-0.39, 0.29) is 19.0 Å². The molecule has 1 atom stereocenters. The highest BCUT2D eigenvalue weighted by Crippen LogP contribution is 2.45. The van der Waals surface area contributed by atoms with Crippen molar-refractivity contribution in [1.29, 1.82) is 0 Å². The predicted octanol–water partition coefficient (Wildman–Crippen LogP) is 4.48. The van der Waals surface area contributed by atoms with E-state index in [4.69, 9.17) is 9.47 Å². The SMILES string of the molecule is CCCCCCCC(=O)CC(O)(c1ccc2c(c1)OCO2)C(F)(F)F. The summed E-state index contributed by atoms with van der Waals surface area (Å²) in [6, 6.07) is 3.52. The predicted molar refractivity (Wildman–Crippen MR) is 85.5 cm³/mol. The molecule has 0 amide bonds. The van der Waals surface area contributed by atoms with Crippen LogP contribution in [-0.4, -0.2) is 23.9 Å². The highest BCUT2D eigenvalue weighted by molar-refractivity contribution is 5.79. The standard InChI is InChI=1S/C18H23F3O4/c1-2-3-4-5-6-7-14(22)11-17(23,18(19,20)21)13-8-9-15-16(10-13)25-12-24-15/h8-10,23H,2-7,11-12H2,1H3. The van der Waals surface area contributed by atoms with E-state index in [0.717, 1.165) is 37.8 Å². The fourth-order valence-corrected chi connectivity index (χ4v) is 2.82. The van der Waals surface area contributed by atoms with Crippen LogP contribution in [0.15, 0.2) is 18.2 Å². The number of ether oxygens (including phenoxy) is 2. The monoisotopic (exact) mass is 360 g/mol. The number of alkyl halides is 3. The molecule has 1 heterocycles. The maximum absolute atomic E-state index is 13.5. The Bertz CT molecular complexity index is 600. The summed E-state index contributed by atoms with van der Waals surface area (Å²) < 4.78 is 50.7. The lowest BCUT2D eigenvalue weighted by Gasteiger charge is -2.30. The molecule has 1 aliphatic heterocycles. The van der Waals surface area contributed by atoms with Crippen LogP contribution in [0.2, 0.25) is 0 Å². The summed E-state index contributed by atoms with van der Waals surface area (Å²) in [6.07, 6.45) is -1.56. The Kier molecular flexibility index (Phi) is 6.32. The molecule has 0 aliphatic carbocycles. The zero-order valence-electron chi connectivity index (χ0n) is 14.2. The lowest BCUT2D eigenvalue weighted by molar-refractivity contribution is -0.267. The summed E-state index contributed by atoms with van der Waals surface area (Å²) >= 11 is 0. The minimum atomic E-state index is -4.97. The number of carbonyl (C=O) groups is 1. The molecule has 0 fully saturated rings. The summed E-state index contributed by atoms with van der Waals surface area (Å²) in [4.78, 5) is 12.0. The van der Waals surface area contributed by atoms with Crippen molar-refractivity contribution in [1.82, 2.24) is 0 Å². The van der Waals surface area contributed by atoms with Gasteiger partial charge in [0.2, 0.25) is 6.79 Å². The van der Waals surface area contributed by atoms with Crippen molar-refractivity contribution in [2.24, 2.45) is 0 Å². The average molecular weight is 360 g/mol. The van der Waals surface area contributed by atoms with Crippen molar-refractivity contribution in [3.05, 3.63) is 23.8 Å². The molecular weight excluding hydrogens is 337 g/mol. The summed E-state index contributed by atoms with van der Waals surface area (Å²) in [5.74, 6) is -0.156. The molecule has 0 spiro atoms. The molecule has 2 rings (SSSR count). The topological polar surface area (TPSA) is 55.8 Å². The molecule has 1 aromatic carbocycles. The number of fused-ring (bicyclic) bond motifs is 1. The van der Waals surface area contributed by atoms with Crippen molar-refractivity contribution in [3.63, 3.8) is 0 Å². The molecule has 7 heteroatoms. The fourth-order valence-electron chi connectivity index (χ4n) is 2.82. The van der Waals surface area contributed by atoms with Crippen LogP contribution in [0.5, 0.6) is 11.5 Å². The molecule has 0 aromatic heterocycles. The first-order valence-corrected chi connectivity index (χ1v) is 8.49. The third-order valence-corrected chi connectivity index (χ3v) is 4.33. The molecule has 1 aromatic rings. The number of Topliss-reactive ketones (excluding diaryl/α,β-unsaturated/α-hetero) is 1. The molecule has 1 aliphatic rings. The fraction of sp³-hybridized carbons (Fsp3) is 0.611. The molecule has 0 saturated carbocycles. The van der Waals surface area contributed by atoms with Gasteiger partial charge < -0.3 is 14.6 Å². The molecule has 0 saturated heterocycles. The van der Waals surface area contributed by atoms with Gasteiger partial charge in [-0.05, 0) is 24.1 Å². The Hall–Kier alpha value is -1.76. The second kappa shape index (κ2) is 8.08. The van der Waals surface area contributed by atoms with E-state index in [9.17, 15) is 23.1 Å². The first kappa shape index (κ1) is 19.6. The molecule has 25 heavy (non-hydrogen) atoms. The van der Waals surface area contributed by atoms with Gasteiger partial charge in [-0.1, -0.05) is 38.7 Å². The number of benzene rings is 1. The van der Waals surface area contributed by atoms with Crippen molar-refractivity contribution in [3.8, 4) is 11.5 Å². The number of hydrogen-bond acceptors (Lipinski definition) is 4. The summed E-state index contributed by atoms with van der Waals surface area (Å²) in [5.41, 5.74) is -3.64. The van der Waals surface area contributed by atoms with E-state index in [1.165, 1.54) is 6.07 Å². The van der Waals surface area contributed by atoms with Crippen LogP contribution in [0.3, 0.4) is 0 Å². The lowest BCUT2D eigenvalue weighted by atomic mass is 9.86.